The van der Waals surface area contributed by atoms with E-state index < -0.39 is 0 Å². The monoisotopic (exact) mass is 395 g/mol. The molecule has 1 aliphatic heterocycles. The zero-order valence-electron chi connectivity index (χ0n) is 16.3. The van der Waals surface area contributed by atoms with Gasteiger partial charge in [0.2, 0.25) is 5.91 Å². The molecule has 28 heavy (non-hydrogen) atoms. The van der Waals surface area contributed by atoms with Crippen LogP contribution >= 0.6 is 11.8 Å². The van der Waals surface area contributed by atoms with Crippen LogP contribution in [-0.2, 0) is 11.2 Å². The molecule has 1 fully saturated rings. The highest BCUT2D eigenvalue weighted by Gasteiger charge is 2.26. The Bertz CT molecular complexity index is 972. The largest absolute Gasteiger partial charge is 0.342 e. The van der Waals surface area contributed by atoms with Crippen molar-refractivity contribution >= 4 is 23.4 Å². The van der Waals surface area contributed by atoms with Crippen molar-refractivity contribution in [2.45, 2.75) is 38.0 Å². The molecule has 6 nitrogen and oxygen atoms in total. The molecule has 3 aromatic rings. The van der Waals surface area contributed by atoms with Crippen molar-refractivity contribution in [1.82, 2.24) is 24.5 Å². The topological polar surface area (TPSA) is 63.4 Å². The molecule has 0 radical (unpaired) electrons. The van der Waals surface area contributed by atoms with E-state index in [-0.39, 0.29) is 5.91 Å². The number of likely N-dealkylation sites (tertiary alicyclic amines) is 1. The van der Waals surface area contributed by atoms with E-state index in [1.165, 1.54) is 11.2 Å². The van der Waals surface area contributed by atoms with Gasteiger partial charge in [0.25, 0.3) is 5.78 Å². The summed E-state index contributed by atoms with van der Waals surface area (Å²) < 4.78 is 1.75. The van der Waals surface area contributed by atoms with Crippen LogP contribution in [0.5, 0.6) is 0 Å². The minimum absolute atomic E-state index is 0.240. The molecule has 1 saturated heterocycles. The van der Waals surface area contributed by atoms with Crippen molar-refractivity contribution in [3.63, 3.8) is 0 Å². The molecule has 4 rings (SSSR count). The molecule has 1 unspecified atom stereocenters. The number of hydrogen-bond acceptors (Lipinski definition) is 5. The Kier molecular flexibility index (Phi) is 5.62. The van der Waals surface area contributed by atoms with E-state index in [0.29, 0.717) is 24.5 Å². The number of aromatic nitrogens is 4. The molecule has 0 aliphatic carbocycles. The van der Waals surface area contributed by atoms with Crippen LogP contribution in [-0.4, -0.2) is 49.2 Å². The Balaban J connectivity index is 1.31. The van der Waals surface area contributed by atoms with E-state index in [0.717, 1.165) is 42.2 Å². The normalized spacial score (nSPS) is 16.8. The molecule has 0 spiro atoms. The average Bonchev–Trinajstić information content (AvgIpc) is 3.36. The molecule has 0 saturated carbocycles. The number of nitrogens with zero attached hydrogens (tertiary/aromatic N) is 5. The molecule has 146 valence electrons. The Hall–Kier alpha value is -2.41. The van der Waals surface area contributed by atoms with Crippen molar-refractivity contribution in [3.05, 3.63) is 53.6 Å². The highest BCUT2D eigenvalue weighted by Crippen LogP contribution is 2.26. The van der Waals surface area contributed by atoms with Gasteiger partial charge in [-0.15, -0.1) is 11.8 Å². The number of amides is 1. The minimum Gasteiger partial charge on any atom is -0.342 e. The Labute approximate surface area is 169 Å². The van der Waals surface area contributed by atoms with Crippen LogP contribution in [0.3, 0.4) is 0 Å². The predicted octanol–water partition coefficient (Wildman–Crippen LogP) is 3.31. The number of aryl methyl sites for hydroxylation is 2. The number of benzene rings is 1. The molecule has 1 atom stereocenters. The lowest BCUT2D eigenvalue weighted by molar-refractivity contribution is -0.130. The first kappa shape index (κ1) is 18.9. The maximum absolute atomic E-state index is 12.7. The first-order valence-corrected chi connectivity index (χ1v) is 10.7. The van der Waals surface area contributed by atoms with Gasteiger partial charge < -0.3 is 4.90 Å². The second kappa shape index (κ2) is 8.31. The number of fused-ring (bicyclic) bond motifs is 1. The lowest BCUT2D eigenvalue weighted by Crippen LogP contribution is -2.29. The fraction of sp³-hybridized carbons (Fsp3) is 0.429. The van der Waals surface area contributed by atoms with Crippen LogP contribution in [0.25, 0.3) is 5.78 Å². The van der Waals surface area contributed by atoms with Crippen LogP contribution in [0.2, 0.25) is 0 Å². The Morgan fingerprint density at radius 3 is 2.89 bits per heavy atom. The van der Waals surface area contributed by atoms with Gasteiger partial charge in [0.15, 0.2) is 0 Å². The first-order chi connectivity index (χ1) is 13.6. The van der Waals surface area contributed by atoms with Gasteiger partial charge in [0.1, 0.15) is 6.33 Å². The van der Waals surface area contributed by atoms with E-state index in [1.807, 2.05) is 36.6 Å². The van der Waals surface area contributed by atoms with Crippen LogP contribution in [0.1, 0.15) is 29.8 Å². The van der Waals surface area contributed by atoms with E-state index >= 15 is 0 Å². The summed E-state index contributed by atoms with van der Waals surface area (Å²) >= 11 is 1.89. The van der Waals surface area contributed by atoms with Crippen molar-refractivity contribution in [1.29, 1.82) is 0 Å². The van der Waals surface area contributed by atoms with Gasteiger partial charge in [0, 0.05) is 41.5 Å². The van der Waals surface area contributed by atoms with E-state index in [4.69, 9.17) is 0 Å². The quantitative estimate of drug-likeness (QED) is 0.599. The second-order valence-corrected chi connectivity index (χ2v) is 8.44. The zero-order valence-corrected chi connectivity index (χ0v) is 17.2. The van der Waals surface area contributed by atoms with Gasteiger partial charge in [-0.3, -0.25) is 4.79 Å². The molecule has 1 aromatic carbocycles. The lowest BCUT2D eigenvalue weighted by Gasteiger charge is -2.17. The summed E-state index contributed by atoms with van der Waals surface area (Å²) in [5.74, 6) is 2.50. The van der Waals surface area contributed by atoms with Crippen molar-refractivity contribution in [2.24, 2.45) is 5.92 Å². The van der Waals surface area contributed by atoms with Crippen LogP contribution in [0, 0.1) is 19.8 Å². The third-order valence-electron chi connectivity index (χ3n) is 5.44. The predicted molar refractivity (Wildman–Crippen MR) is 110 cm³/mol. The molecule has 1 amide bonds. The number of hydrogen-bond donors (Lipinski definition) is 0. The van der Waals surface area contributed by atoms with Gasteiger partial charge in [-0.2, -0.15) is 10.1 Å². The summed E-state index contributed by atoms with van der Waals surface area (Å²) in [5, 5.41) is 4.23. The first-order valence-electron chi connectivity index (χ1n) is 9.73. The molecule has 2 aromatic heterocycles. The summed E-state index contributed by atoms with van der Waals surface area (Å²) in [4.78, 5) is 24.7. The summed E-state index contributed by atoms with van der Waals surface area (Å²) in [7, 11) is 0. The Morgan fingerprint density at radius 2 is 2.07 bits per heavy atom. The van der Waals surface area contributed by atoms with Crippen molar-refractivity contribution in [2.75, 3.05) is 18.8 Å². The molecule has 0 N–H and O–H groups in total. The molecular weight excluding hydrogens is 370 g/mol. The second-order valence-electron chi connectivity index (χ2n) is 7.35. The molecule has 3 heterocycles. The third kappa shape index (κ3) is 4.04. The van der Waals surface area contributed by atoms with E-state index in [1.54, 1.807) is 4.52 Å². The smallest absolute Gasteiger partial charge is 0.252 e. The zero-order chi connectivity index (χ0) is 19.5. The average molecular weight is 396 g/mol. The number of rotatable bonds is 6. The standard InChI is InChI=1S/C21H25N5OS/c1-15-19(16(2)26-21(24-15)22-14-23-26)8-9-20(27)25-11-10-17(12-25)13-28-18-6-4-3-5-7-18/h3-7,14,17H,8-13H2,1-2H3. The minimum atomic E-state index is 0.240. The van der Waals surface area contributed by atoms with Crippen LogP contribution in [0.15, 0.2) is 41.6 Å². The SMILES string of the molecule is Cc1nc2ncnn2c(C)c1CCC(=O)N1CCC(CSc2ccccc2)C1. The number of carbonyl (C=O) groups is 1. The fourth-order valence-corrected chi connectivity index (χ4v) is 4.88. The maximum Gasteiger partial charge on any atom is 0.252 e. The fourth-order valence-electron chi connectivity index (χ4n) is 3.83. The van der Waals surface area contributed by atoms with E-state index in [9.17, 15) is 4.79 Å². The number of carbonyl (C=O) groups excluding carboxylic acids is 1. The van der Waals surface area contributed by atoms with Crippen LogP contribution in [0.4, 0.5) is 0 Å². The number of thioether (sulfide) groups is 1. The van der Waals surface area contributed by atoms with Crippen LogP contribution < -0.4 is 0 Å². The maximum atomic E-state index is 12.7. The van der Waals surface area contributed by atoms with E-state index in [2.05, 4.69) is 39.3 Å². The summed E-state index contributed by atoms with van der Waals surface area (Å²) in [5.41, 5.74) is 3.05. The summed E-state index contributed by atoms with van der Waals surface area (Å²) in [6, 6.07) is 10.5. The molecule has 7 heteroatoms. The summed E-state index contributed by atoms with van der Waals surface area (Å²) in [6.45, 7) is 5.74. The highest BCUT2D eigenvalue weighted by atomic mass is 32.2. The summed E-state index contributed by atoms with van der Waals surface area (Å²) in [6.07, 6.45) is 3.82. The highest BCUT2D eigenvalue weighted by molar-refractivity contribution is 7.99. The van der Waals surface area contributed by atoms with Gasteiger partial charge >= 0.3 is 0 Å². The lowest BCUT2D eigenvalue weighted by atomic mass is 10.1. The van der Waals surface area contributed by atoms with Gasteiger partial charge in [0.05, 0.1) is 0 Å². The van der Waals surface area contributed by atoms with Crippen molar-refractivity contribution in [3.8, 4) is 0 Å². The molecule has 1 aliphatic rings. The van der Waals surface area contributed by atoms with Gasteiger partial charge in [-0.05, 0) is 50.3 Å². The third-order valence-corrected chi connectivity index (χ3v) is 6.69. The molecule has 0 bridgehead atoms. The molecular formula is C21H25N5OS. The van der Waals surface area contributed by atoms with Gasteiger partial charge in [-0.1, -0.05) is 18.2 Å². The Morgan fingerprint density at radius 1 is 1.25 bits per heavy atom. The van der Waals surface area contributed by atoms with Gasteiger partial charge in [-0.25, -0.2) is 9.50 Å². The van der Waals surface area contributed by atoms with Crippen molar-refractivity contribution < 1.29 is 4.79 Å².